The average Bonchev–Trinajstić information content (AvgIpc) is 2.93. The summed E-state index contributed by atoms with van der Waals surface area (Å²) in [6, 6.07) is 16.4. The molecule has 2 amide bonds. The number of aromatic nitrogens is 2. The fourth-order valence-corrected chi connectivity index (χ4v) is 4.07. The van der Waals surface area contributed by atoms with Crippen LogP contribution in [0.2, 0.25) is 0 Å². The van der Waals surface area contributed by atoms with Crippen molar-refractivity contribution in [2.75, 3.05) is 27.9 Å². The van der Waals surface area contributed by atoms with Crippen molar-refractivity contribution in [3.05, 3.63) is 84.6 Å². The van der Waals surface area contributed by atoms with E-state index in [0.29, 0.717) is 33.2 Å². The van der Waals surface area contributed by atoms with Crippen molar-refractivity contribution < 1.29 is 27.3 Å². The average molecular weight is 586 g/mol. The van der Waals surface area contributed by atoms with Crippen molar-refractivity contribution in [1.29, 1.82) is 4.78 Å². The molecule has 1 aromatic heterocycles. The summed E-state index contributed by atoms with van der Waals surface area (Å²) < 4.78 is 57.5. The number of carbonyl (C=O) groups excluding carboxylic acids is 1. The Bertz CT molecular complexity index is 1590. The van der Waals surface area contributed by atoms with Crippen LogP contribution >= 0.6 is 0 Å². The maximum absolute atomic E-state index is 12.9. The minimum absolute atomic E-state index is 0.00342. The summed E-state index contributed by atoms with van der Waals surface area (Å²) in [6.07, 6.45) is -2.94. The summed E-state index contributed by atoms with van der Waals surface area (Å²) >= 11 is 0. The number of amides is 2. The van der Waals surface area contributed by atoms with Crippen molar-refractivity contribution >= 4 is 45.5 Å². The number of hydrogen-bond acceptors (Lipinski definition) is 8. The molecule has 10 nitrogen and oxygen atoms in total. The number of alkyl halides is 3. The molecule has 4 aromatic rings. The van der Waals surface area contributed by atoms with Gasteiger partial charge in [0.1, 0.15) is 5.82 Å². The van der Waals surface area contributed by atoms with Crippen LogP contribution < -0.4 is 21.3 Å². The van der Waals surface area contributed by atoms with Gasteiger partial charge in [0.2, 0.25) is 5.95 Å². The summed E-state index contributed by atoms with van der Waals surface area (Å²) in [4.78, 5) is 21.7. The molecule has 2 atom stereocenters. The lowest BCUT2D eigenvalue weighted by molar-refractivity contribution is -0.137. The summed E-state index contributed by atoms with van der Waals surface area (Å²) in [7, 11) is -2.20. The molecule has 0 saturated heterocycles. The number of aliphatic hydroxyl groups is 1. The molecule has 0 spiro atoms. The van der Waals surface area contributed by atoms with Gasteiger partial charge in [0.25, 0.3) is 0 Å². The molecular formula is C27H26F3N7O3S. The Kier molecular flexibility index (Phi) is 9.04. The highest BCUT2D eigenvalue weighted by atomic mass is 32.2. The van der Waals surface area contributed by atoms with E-state index in [-0.39, 0.29) is 24.3 Å². The van der Waals surface area contributed by atoms with Gasteiger partial charge in [-0.2, -0.15) is 18.2 Å². The highest BCUT2D eigenvalue weighted by molar-refractivity contribution is 7.73. The molecule has 0 aliphatic rings. The zero-order chi connectivity index (χ0) is 29.6. The normalized spacial score (nSPS) is 12.7. The van der Waals surface area contributed by atoms with E-state index >= 15 is 0 Å². The van der Waals surface area contributed by atoms with Gasteiger partial charge in [-0.25, -0.2) is 14.0 Å². The molecule has 1 heterocycles. The maximum atomic E-state index is 12.9. The third kappa shape index (κ3) is 7.93. The predicted molar refractivity (Wildman–Crippen MR) is 152 cm³/mol. The molecular weight excluding hydrogens is 559 g/mol. The van der Waals surface area contributed by atoms with Crippen LogP contribution in [-0.2, 0) is 16.8 Å². The smallest absolute Gasteiger partial charge is 0.394 e. The van der Waals surface area contributed by atoms with Crippen LogP contribution in [0, 0.1) is 4.78 Å². The largest absolute Gasteiger partial charge is 0.416 e. The summed E-state index contributed by atoms with van der Waals surface area (Å²) in [5.74, 6) is 0.687. The number of urea groups is 1. The Morgan fingerprint density at radius 2 is 1.66 bits per heavy atom. The van der Waals surface area contributed by atoms with E-state index in [1.165, 1.54) is 12.1 Å². The monoisotopic (exact) mass is 585 g/mol. The molecule has 0 bridgehead atoms. The summed E-state index contributed by atoms with van der Waals surface area (Å²) in [5, 5.41) is 20.7. The van der Waals surface area contributed by atoms with Gasteiger partial charge < -0.3 is 26.4 Å². The Morgan fingerprint density at radius 3 is 2.29 bits per heavy atom. The first-order valence-electron chi connectivity index (χ1n) is 12.2. The van der Waals surface area contributed by atoms with E-state index in [1.807, 2.05) is 0 Å². The topological polar surface area (TPSA) is 152 Å². The molecule has 0 aliphatic heterocycles. The second-order valence-electron chi connectivity index (χ2n) is 8.89. The standard InChI is InChI=1S/C27H26F3N7O3S/c1-16(15-38)33-24-23(14-32-25(37-24)34-19-9-11-22(12-10-19)41(31)40)17-5-7-20(8-6-17)35-26(39)36-21-4-2-3-18(13-21)27(28,29)30/h2-14,16,31,38,41H,15H2,1H3,(H2,35,36,39)(H2,32,33,34,37). The molecule has 2 unspecified atom stereocenters. The second-order valence-corrected chi connectivity index (χ2v) is 9.99. The van der Waals surface area contributed by atoms with Crippen LogP contribution in [0.3, 0.4) is 0 Å². The molecule has 0 saturated carbocycles. The lowest BCUT2D eigenvalue weighted by Gasteiger charge is -2.17. The van der Waals surface area contributed by atoms with Gasteiger partial charge in [0, 0.05) is 39.8 Å². The van der Waals surface area contributed by atoms with Gasteiger partial charge in [-0.1, -0.05) is 18.2 Å². The van der Waals surface area contributed by atoms with E-state index in [2.05, 4.69) is 31.2 Å². The number of benzene rings is 3. The van der Waals surface area contributed by atoms with Crippen molar-refractivity contribution in [2.24, 2.45) is 0 Å². The number of halogens is 3. The van der Waals surface area contributed by atoms with E-state index in [9.17, 15) is 27.3 Å². The third-order valence-electron chi connectivity index (χ3n) is 5.71. The second kappa shape index (κ2) is 12.7. The van der Waals surface area contributed by atoms with Gasteiger partial charge >= 0.3 is 12.2 Å². The number of hydrogen-bond donors (Lipinski definition) is 7. The number of thiol groups is 1. The minimum Gasteiger partial charge on any atom is -0.394 e. The van der Waals surface area contributed by atoms with Crippen molar-refractivity contribution in [1.82, 2.24) is 9.97 Å². The first kappa shape index (κ1) is 29.3. The van der Waals surface area contributed by atoms with Crippen molar-refractivity contribution in [3.8, 4) is 11.1 Å². The number of anilines is 5. The van der Waals surface area contributed by atoms with Crippen LogP contribution in [0.4, 0.5) is 46.8 Å². The zero-order valence-electron chi connectivity index (χ0n) is 21.5. The van der Waals surface area contributed by atoms with Gasteiger partial charge in [-0.15, -0.1) is 0 Å². The van der Waals surface area contributed by atoms with Crippen LogP contribution in [0.15, 0.2) is 83.9 Å². The minimum atomic E-state index is -4.53. The predicted octanol–water partition coefficient (Wildman–Crippen LogP) is 5.94. The molecule has 0 aliphatic carbocycles. The third-order valence-corrected chi connectivity index (χ3v) is 6.47. The number of nitrogens with one attached hydrogen (secondary N) is 5. The highest BCUT2D eigenvalue weighted by Gasteiger charge is 2.30. The molecule has 0 fully saturated rings. The fraction of sp³-hybridized carbons (Fsp3) is 0.148. The van der Waals surface area contributed by atoms with Crippen molar-refractivity contribution in [3.63, 3.8) is 0 Å². The van der Waals surface area contributed by atoms with Gasteiger partial charge in [0.15, 0.2) is 0 Å². The van der Waals surface area contributed by atoms with Crippen LogP contribution in [0.1, 0.15) is 12.5 Å². The molecule has 41 heavy (non-hydrogen) atoms. The molecule has 0 radical (unpaired) electrons. The number of nitrogens with zero attached hydrogens (tertiary/aromatic N) is 2. The SMILES string of the molecule is CC(CO)Nc1nc(Nc2ccc([SH](=N)=O)cc2)ncc1-c1ccc(NC(=O)Nc2cccc(C(F)(F)F)c2)cc1. The molecule has 6 N–H and O–H groups in total. The number of aliphatic hydroxyl groups excluding tert-OH is 1. The highest BCUT2D eigenvalue weighted by Crippen LogP contribution is 2.31. The molecule has 14 heteroatoms. The Hall–Kier alpha value is -4.69. The van der Waals surface area contributed by atoms with E-state index < -0.39 is 28.4 Å². The summed E-state index contributed by atoms with van der Waals surface area (Å²) in [5.41, 5.74) is 1.44. The summed E-state index contributed by atoms with van der Waals surface area (Å²) in [6.45, 7) is 1.62. The molecule has 214 valence electrons. The first-order valence-corrected chi connectivity index (χ1v) is 13.4. The molecule has 3 aromatic carbocycles. The Labute approximate surface area is 235 Å². The van der Waals surface area contributed by atoms with Crippen molar-refractivity contribution in [2.45, 2.75) is 24.0 Å². The Balaban J connectivity index is 1.49. The lowest BCUT2D eigenvalue weighted by atomic mass is 10.1. The van der Waals surface area contributed by atoms with Gasteiger partial charge in [-0.05, 0) is 67.1 Å². The van der Waals surface area contributed by atoms with E-state index in [0.717, 1.165) is 12.1 Å². The quantitative estimate of drug-likeness (QED) is 0.120. The first-order chi connectivity index (χ1) is 19.5. The lowest BCUT2D eigenvalue weighted by Crippen LogP contribution is -2.21. The fourth-order valence-electron chi connectivity index (χ4n) is 3.65. The van der Waals surface area contributed by atoms with Crippen LogP contribution in [0.5, 0.6) is 0 Å². The van der Waals surface area contributed by atoms with E-state index in [1.54, 1.807) is 61.7 Å². The van der Waals surface area contributed by atoms with Crippen LogP contribution in [0.25, 0.3) is 11.1 Å². The zero-order valence-corrected chi connectivity index (χ0v) is 22.4. The molecule has 4 rings (SSSR count). The number of rotatable bonds is 9. The number of carbonyl (C=O) groups is 1. The maximum Gasteiger partial charge on any atom is 0.416 e. The van der Waals surface area contributed by atoms with Gasteiger partial charge in [0.05, 0.1) is 22.8 Å². The Morgan fingerprint density at radius 1 is 1.00 bits per heavy atom. The van der Waals surface area contributed by atoms with Crippen LogP contribution in [-0.4, -0.2) is 38.0 Å². The van der Waals surface area contributed by atoms with E-state index in [4.69, 9.17) is 4.78 Å². The van der Waals surface area contributed by atoms with Gasteiger partial charge in [-0.3, -0.25) is 4.78 Å².